The lowest BCUT2D eigenvalue weighted by atomic mass is 10.2. The zero-order valence-electron chi connectivity index (χ0n) is 8.23. The number of hydrogen-bond acceptors (Lipinski definition) is 3. The number of aryl methyl sites for hydroxylation is 2. The van der Waals surface area contributed by atoms with Crippen LogP contribution in [0.1, 0.15) is 5.69 Å². The zero-order valence-corrected chi connectivity index (χ0v) is 8.23. The molecule has 14 heavy (non-hydrogen) atoms. The van der Waals surface area contributed by atoms with Gasteiger partial charge in [0.05, 0.1) is 5.69 Å². The van der Waals surface area contributed by atoms with Crippen LogP contribution in [0.2, 0.25) is 0 Å². The second kappa shape index (κ2) is 3.14. The average molecular weight is 188 g/mol. The molecule has 0 aromatic carbocycles. The molecule has 0 saturated heterocycles. The first-order valence-electron chi connectivity index (χ1n) is 4.39. The minimum Gasteiger partial charge on any atom is -0.384 e. The van der Waals surface area contributed by atoms with Crippen molar-refractivity contribution < 1.29 is 0 Å². The molecule has 0 fully saturated rings. The summed E-state index contributed by atoms with van der Waals surface area (Å²) in [5.74, 6) is 1.45. The summed E-state index contributed by atoms with van der Waals surface area (Å²) < 4.78 is 1.96. The summed E-state index contributed by atoms with van der Waals surface area (Å²) in [6, 6.07) is 3.73. The fourth-order valence-electron chi connectivity index (χ4n) is 1.44. The van der Waals surface area contributed by atoms with E-state index in [4.69, 9.17) is 5.73 Å². The van der Waals surface area contributed by atoms with Gasteiger partial charge in [-0.1, -0.05) is 0 Å². The number of pyridine rings is 1. The van der Waals surface area contributed by atoms with E-state index in [1.807, 2.05) is 30.8 Å². The highest BCUT2D eigenvalue weighted by atomic mass is 15.0. The Balaban J connectivity index is 2.58. The molecular formula is C10H12N4. The highest BCUT2D eigenvalue weighted by Gasteiger charge is 2.07. The van der Waals surface area contributed by atoms with Gasteiger partial charge in [-0.3, -0.25) is 0 Å². The van der Waals surface area contributed by atoms with Gasteiger partial charge in [0.2, 0.25) is 0 Å². The highest BCUT2D eigenvalue weighted by molar-refractivity contribution is 5.60. The third-order valence-electron chi connectivity index (χ3n) is 2.17. The topological polar surface area (TPSA) is 56.7 Å². The highest BCUT2D eigenvalue weighted by Crippen LogP contribution is 2.20. The number of imidazole rings is 1. The van der Waals surface area contributed by atoms with E-state index >= 15 is 0 Å². The van der Waals surface area contributed by atoms with E-state index < -0.39 is 0 Å². The van der Waals surface area contributed by atoms with Crippen molar-refractivity contribution in [3.8, 4) is 11.4 Å². The number of nitrogens with two attached hydrogens (primary N) is 1. The van der Waals surface area contributed by atoms with E-state index in [9.17, 15) is 0 Å². The normalized spacial score (nSPS) is 10.4. The van der Waals surface area contributed by atoms with Crippen LogP contribution in [0.25, 0.3) is 11.4 Å². The van der Waals surface area contributed by atoms with Gasteiger partial charge in [0.25, 0.3) is 0 Å². The molecule has 2 aromatic rings. The maximum atomic E-state index is 5.58. The predicted octanol–water partition coefficient (Wildman–Crippen LogP) is 1.37. The second-order valence-electron chi connectivity index (χ2n) is 3.23. The molecule has 0 radical (unpaired) electrons. The smallest absolute Gasteiger partial charge is 0.141 e. The standard InChI is InChI=1S/C10H12N4/c1-7-8(3-4-9(11)13-7)10-12-5-6-14(10)2/h3-6H,1-2H3,(H2,11,13). The largest absolute Gasteiger partial charge is 0.384 e. The molecule has 72 valence electrons. The van der Waals surface area contributed by atoms with E-state index in [-0.39, 0.29) is 0 Å². The number of anilines is 1. The van der Waals surface area contributed by atoms with E-state index in [1.165, 1.54) is 0 Å². The van der Waals surface area contributed by atoms with Crippen LogP contribution in [-0.4, -0.2) is 14.5 Å². The Kier molecular flexibility index (Phi) is 1.96. The van der Waals surface area contributed by atoms with Crippen molar-refractivity contribution in [3.05, 3.63) is 30.2 Å². The molecule has 0 bridgehead atoms. The van der Waals surface area contributed by atoms with Crippen LogP contribution < -0.4 is 5.73 Å². The third kappa shape index (κ3) is 1.35. The van der Waals surface area contributed by atoms with Gasteiger partial charge in [0.15, 0.2) is 0 Å². The van der Waals surface area contributed by atoms with Crippen LogP contribution in [0.5, 0.6) is 0 Å². The Labute approximate surface area is 82.4 Å². The van der Waals surface area contributed by atoms with Crippen LogP contribution in [0.4, 0.5) is 5.82 Å². The zero-order chi connectivity index (χ0) is 10.1. The second-order valence-corrected chi connectivity index (χ2v) is 3.23. The number of nitrogens with zero attached hydrogens (tertiary/aromatic N) is 3. The minimum absolute atomic E-state index is 0.542. The molecule has 2 rings (SSSR count). The van der Waals surface area contributed by atoms with Crippen molar-refractivity contribution >= 4 is 5.82 Å². The van der Waals surface area contributed by atoms with Gasteiger partial charge in [-0.15, -0.1) is 0 Å². The van der Waals surface area contributed by atoms with Crippen LogP contribution in [0.15, 0.2) is 24.5 Å². The molecule has 0 amide bonds. The molecular weight excluding hydrogens is 176 g/mol. The molecule has 4 heteroatoms. The van der Waals surface area contributed by atoms with Crippen molar-refractivity contribution in [1.82, 2.24) is 14.5 Å². The van der Waals surface area contributed by atoms with Gasteiger partial charge in [-0.05, 0) is 19.1 Å². The lowest BCUT2D eigenvalue weighted by molar-refractivity contribution is 0.921. The number of hydrogen-bond donors (Lipinski definition) is 1. The number of aromatic nitrogens is 3. The van der Waals surface area contributed by atoms with E-state index in [1.54, 1.807) is 12.3 Å². The fraction of sp³-hybridized carbons (Fsp3) is 0.200. The van der Waals surface area contributed by atoms with Crippen LogP contribution >= 0.6 is 0 Å². The number of rotatable bonds is 1. The van der Waals surface area contributed by atoms with Crippen molar-refractivity contribution in [2.75, 3.05) is 5.73 Å². The quantitative estimate of drug-likeness (QED) is 0.735. The summed E-state index contributed by atoms with van der Waals surface area (Å²) >= 11 is 0. The predicted molar refractivity (Wildman–Crippen MR) is 55.6 cm³/mol. The summed E-state index contributed by atoms with van der Waals surface area (Å²) in [6.07, 6.45) is 3.68. The summed E-state index contributed by atoms with van der Waals surface area (Å²) in [6.45, 7) is 1.93. The van der Waals surface area contributed by atoms with Crippen LogP contribution in [0, 0.1) is 6.92 Å². The van der Waals surface area contributed by atoms with Crippen molar-refractivity contribution in [2.24, 2.45) is 7.05 Å². The van der Waals surface area contributed by atoms with Crippen molar-refractivity contribution in [2.45, 2.75) is 6.92 Å². The number of nitrogen functional groups attached to an aromatic ring is 1. The molecule has 0 saturated carbocycles. The fourth-order valence-corrected chi connectivity index (χ4v) is 1.44. The average Bonchev–Trinajstić information content (AvgIpc) is 2.52. The van der Waals surface area contributed by atoms with E-state index in [0.29, 0.717) is 5.82 Å². The monoisotopic (exact) mass is 188 g/mol. The first kappa shape index (κ1) is 8.74. The summed E-state index contributed by atoms with van der Waals surface area (Å²) in [5.41, 5.74) is 7.50. The molecule has 0 aliphatic rings. The SMILES string of the molecule is Cc1nc(N)ccc1-c1nccn1C. The van der Waals surface area contributed by atoms with Gasteiger partial charge in [-0.2, -0.15) is 0 Å². The molecule has 2 aromatic heterocycles. The van der Waals surface area contributed by atoms with Gasteiger partial charge in [0.1, 0.15) is 11.6 Å². The molecule has 0 unspecified atom stereocenters. The van der Waals surface area contributed by atoms with Crippen LogP contribution in [0.3, 0.4) is 0 Å². The van der Waals surface area contributed by atoms with Gasteiger partial charge >= 0.3 is 0 Å². The summed E-state index contributed by atoms with van der Waals surface area (Å²) in [7, 11) is 1.96. The summed E-state index contributed by atoms with van der Waals surface area (Å²) in [4.78, 5) is 8.45. The first-order valence-corrected chi connectivity index (χ1v) is 4.39. The molecule has 0 spiro atoms. The first-order chi connectivity index (χ1) is 6.68. The molecule has 0 atom stereocenters. The third-order valence-corrected chi connectivity index (χ3v) is 2.17. The van der Waals surface area contributed by atoms with Crippen molar-refractivity contribution in [1.29, 1.82) is 0 Å². The van der Waals surface area contributed by atoms with E-state index in [2.05, 4.69) is 9.97 Å². The van der Waals surface area contributed by atoms with Gasteiger partial charge in [-0.25, -0.2) is 9.97 Å². The lowest BCUT2D eigenvalue weighted by Gasteiger charge is -2.05. The Morgan fingerprint density at radius 2 is 2.14 bits per heavy atom. The molecule has 0 aliphatic carbocycles. The Hall–Kier alpha value is -1.84. The Bertz CT molecular complexity index is 459. The molecule has 0 aliphatic heterocycles. The van der Waals surface area contributed by atoms with Gasteiger partial charge in [0, 0.05) is 25.0 Å². The molecule has 4 nitrogen and oxygen atoms in total. The van der Waals surface area contributed by atoms with E-state index in [0.717, 1.165) is 17.1 Å². The van der Waals surface area contributed by atoms with Crippen LogP contribution in [-0.2, 0) is 7.05 Å². The minimum atomic E-state index is 0.542. The van der Waals surface area contributed by atoms with Gasteiger partial charge < -0.3 is 10.3 Å². The molecule has 2 heterocycles. The maximum Gasteiger partial charge on any atom is 0.141 e. The maximum absolute atomic E-state index is 5.58. The Morgan fingerprint density at radius 3 is 2.71 bits per heavy atom. The van der Waals surface area contributed by atoms with Crippen molar-refractivity contribution in [3.63, 3.8) is 0 Å². The lowest BCUT2D eigenvalue weighted by Crippen LogP contribution is -1.98. The summed E-state index contributed by atoms with van der Waals surface area (Å²) in [5, 5.41) is 0. The molecule has 2 N–H and O–H groups in total. The Morgan fingerprint density at radius 1 is 1.36 bits per heavy atom.